The molecule has 0 amide bonds. The van der Waals surface area contributed by atoms with Crippen molar-refractivity contribution in [1.82, 2.24) is 0 Å². The molecule has 1 nitrogen and oxygen atoms in total. The molecule has 0 saturated carbocycles. The summed E-state index contributed by atoms with van der Waals surface area (Å²) in [5.41, 5.74) is 0. The monoisotopic (exact) mass is 167 g/mol. The zero-order valence-corrected chi connectivity index (χ0v) is 8.08. The fourth-order valence-corrected chi connectivity index (χ4v) is 0. The summed E-state index contributed by atoms with van der Waals surface area (Å²) in [6.45, 7) is 3.88. The Bertz CT molecular complexity index is 35.2. The molecule has 0 unspecified atom stereocenters. The molecule has 1 radical (unpaired) electrons. The molecule has 0 aliphatic rings. The maximum absolute atomic E-state index is 4.90. The Kier molecular flexibility index (Phi) is 16.8. The molecule has 47 valence electrons. The maximum atomic E-state index is 4.90. The van der Waals surface area contributed by atoms with E-state index in [2.05, 4.69) is 11.8 Å². The Morgan fingerprint density at radius 1 is 1.50 bits per heavy atom. The predicted octanol–water partition coefficient (Wildman–Crippen LogP) is 2.20. The van der Waals surface area contributed by atoms with Gasteiger partial charge in [0, 0.05) is 0 Å². The van der Waals surface area contributed by atoms with Crippen molar-refractivity contribution in [2.24, 2.45) is 0 Å². The second kappa shape index (κ2) is 11.1. The third kappa shape index (κ3) is 26.6. The van der Waals surface area contributed by atoms with E-state index in [1.54, 1.807) is 0 Å². The Morgan fingerprint density at radius 2 is 1.62 bits per heavy atom. The van der Waals surface area contributed by atoms with Gasteiger partial charge in [-0.3, -0.25) is 0 Å². The van der Waals surface area contributed by atoms with Crippen molar-refractivity contribution in [2.75, 3.05) is 0 Å². The minimum absolute atomic E-state index is 0.273. The number of halogens is 2. The van der Waals surface area contributed by atoms with Gasteiger partial charge in [-0.05, 0) is 13.8 Å². The number of ether oxygens (including phenoxy) is 1. The van der Waals surface area contributed by atoms with Crippen molar-refractivity contribution in [1.29, 1.82) is 0 Å². The van der Waals surface area contributed by atoms with Gasteiger partial charge in [0.25, 0.3) is 0 Å². The summed E-state index contributed by atoms with van der Waals surface area (Å²) in [5.74, 6) is 0. The Hall–Kier alpha value is 1.31. The average molecular weight is 168 g/mol. The lowest BCUT2D eigenvalue weighted by Crippen LogP contribution is -1.92. The van der Waals surface area contributed by atoms with Gasteiger partial charge in [0.15, 0.2) is 0 Å². The van der Waals surface area contributed by atoms with E-state index < -0.39 is 18.2 Å². The van der Waals surface area contributed by atoms with Crippen LogP contribution in [0, 0.1) is 7.11 Å². The van der Waals surface area contributed by atoms with Crippen LogP contribution in [0.3, 0.4) is 0 Å². The Balaban J connectivity index is 0. The molecule has 0 aromatic carbocycles. The van der Waals surface area contributed by atoms with Crippen LogP contribution in [0.1, 0.15) is 13.8 Å². The fraction of sp³-hybridized carbons (Fsp3) is 0.750. The predicted molar refractivity (Wildman–Crippen MR) is 39.0 cm³/mol. The average Bonchev–Trinajstić information content (AvgIpc) is 1.69. The molecule has 0 aromatic heterocycles. The fourth-order valence-electron chi connectivity index (χ4n) is 0. The Labute approximate surface area is 68.0 Å². The van der Waals surface area contributed by atoms with Crippen molar-refractivity contribution in [3.8, 4) is 0 Å². The summed E-state index contributed by atoms with van der Waals surface area (Å²) in [5, 5.41) is 0. The quantitative estimate of drug-likeness (QED) is 0.545. The van der Waals surface area contributed by atoms with E-state index in [1.807, 2.05) is 13.8 Å². The SMILES string of the molecule is [CH2]OC(C)C.[Cl][Mg][Cl]. The molecule has 0 saturated heterocycles. The number of hydrogen-bond acceptors (Lipinski definition) is 1. The highest BCUT2D eigenvalue weighted by Gasteiger charge is 1.79. The van der Waals surface area contributed by atoms with Gasteiger partial charge in [-0.25, -0.2) is 0 Å². The summed E-state index contributed by atoms with van der Waals surface area (Å²) in [4.78, 5) is 0. The first-order valence-corrected chi connectivity index (χ1v) is 6.49. The van der Waals surface area contributed by atoms with Crippen LogP contribution in [-0.4, -0.2) is 24.3 Å². The van der Waals surface area contributed by atoms with Crippen LogP contribution in [0.2, 0.25) is 0 Å². The highest BCUT2D eigenvalue weighted by Crippen LogP contribution is 1.79. The first-order chi connectivity index (χ1) is 3.68. The van der Waals surface area contributed by atoms with Crippen LogP contribution in [-0.2, 0) is 4.74 Å². The molecule has 0 fully saturated rings. The molecule has 0 aliphatic heterocycles. The normalized spacial score (nSPS) is 7.25. The van der Waals surface area contributed by atoms with E-state index in [1.165, 1.54) is 0 Å². The van der Waals surface area contributed by atoms with Crippen molar-refractivity contribution in [3.63, 3.8) is 0 Å². The van der Waals surface area contributed by atoms with Crippen molar-refractivity contribution in [3.05, 3.63) is 7.11 Å². The molecule has 0 rings (SSSR count). The van der Waals surface area contributed by atoms with Gasteiger partial charge in [-0.2, -0.15) is 0 Å². The zero-order chi connectivity index (χ0) is 6.99. The smallest absolute Gasteiger partial charge is 0.376 e. The molecule has 0 aromatic rings. The van der Waals surface area contributed by atoms with Crippen molar-refractivity contribution in [2.45, 2.75) is 20.0 Å². The van der Waals surface area contributed by atoms with E-state index in [9.17, 15) is 0 Å². The van der Waals surface area contributed by atoms with E-state index >= 15 is 0 Å². The lowest BCUT2D eigenvalue weighted by atomic mass is 10.5. The molecule has 0 heterocycles. The van der Waals surface area contributed by atoms with E-state index in [0.717, 1.165) is 0 Å². The standard InChI is InChI=1S/C4H9O.2ClH.Mg/c1-4(2)5-3;;;/h4H,3H2,1-2H3;2*1H;/q;;;+2/p-2. The topological polar surface area (TPSA) is 9.23 Å². The third-order valence-electron chi connectivity index (χ3n) is 0.333. The summed E-state index contributed by atoms with van der Waals surface area (Å²) < 4.78 is 4.50. The van der Waals surface area contributed by atoms with Crippen LogP contribution in [0.15, 0.2) is 0 Å². The summed E-state index contributed by atoms with van der Waals surface area (Å²) >= 11 is -0.639. The van der Waals surface area contributed by atoms with Gasteiger partial charge in [0.05, 0.1) is 13.2 Å². The van der Waals surface area contributed by atoms with Crippen LogP contribution in [0.25, 0.3) is 0 Å². The Morgan fingerprint density at radius 3 is 1.62 bits per heavy atom. The highest BCUT2D eigenvalue weighted by molar-refractivity contribution is 7.22. The van der Waals surface area contributed by atoms with Gasteiger partial charge in [-0.1, -0.05) is 0 Å². The largest absolute Gasteiger partial charge is 0.618 e. The second-order valence-electron chi connectivity index (χ2n) is 1.32. The second-order valence-corrected chi connectivity index (χ2v) is 3.94. The first-order valence-electron chi connectivity index (χ1n) is 2.21. The van der Waals surface area contributed by atoms with Gasteiger partial charge in [0.1, 0.15) is 0 Å². The van der Waals surface area contributed by atoms with Gasteiger partial charge in [-0.15, -0.1) is 0 Å². The lowest BCUT2D eigenvalue weighted by Gasteiger charge is -1.94. The third-order valence-corrected chi connectivity index (χ3v) is 0.333. The van der Waals surface area contributed by atoms with E-state index in [-0.39, 0.29) is 6.10 Å². The van der Waals surface area contributed by atoms with Crippen molar-refractivity contribution < 1.29 is 4.74 Å². The van der Waals surface area contributed by atoms with E-state index in [0.29, 0.717) is 0 Å². The molecule has 0 spiro atoms. The summed E-state index contributed by atoms with van der Waals surface area (Å²) in [7, 11) is 13.0. The molecule has 4 heteroatoms. The molecule has 8 heavy (non-hydrogen) atoms. The van der Waals surface area contributed by atoms with E-state index in [4.69, 9.17) is 18.1 Å². The highest BCUT2D eigenvalue weighted by atomic mass is 35.6. The summed E-state index contributed by atoms with van der Waals surface area (Å²) in [6.07, 6.45) is 0.273. The van der Waals surface area contributed by atoms with Gasteiger partial charge < -0.3 is 22.9 Å². The van der Waals surface area contributed by atoms with Crippen LogP contribution >= 0.6 is 18.1 Å². The van der Waals surface area contributed by atoms with Crippen LogP contribution < -0.4 is 0 Å². The molecule has 0 N–H and O–H groups in total. The summed E-state index contributed by atoms with van der Waals surface area (Å²) in [6, 6.07) is 0. The molecule has 0 atom stereocenters. The van der Waals surface area contributed by atoms with Crippen molar-refractivity contribution >= 4 is 36.3 Å². The van der Waals surface area contributed by atoms with Crippen LogP contribution in [0.5, 0.6) is 0 Å². The first kappa shape index (κ1) is 12.0. The van der Waals surface area contributed by atoms with Crippen LogP contribution in [0.4, 0.5) is 0 Å². The molecule has 0 aliphatic carbocycles. The minimum Gasteiger partial charge on any atom is -0.376 e. The molecule has 0 bridgehead atoms. The molecular formula is C4H9Cl2MgO. The zero-order valence-electron chi connectivity index (χ0n) is 5.16. The minimum atomic E-state index is -0.639. The maximum Gasteiger partial charge on any atom is 0.618 e. The lowest BCUT2D eigenvalue weighted by molar-refractivity contribution is 0.172. The number of rotatable bonds is 1. The van der Waals surface area contributed by atoms with Gasteiger partial charge in [0.2, 0.25) is 0 Å². The van der Waals surface area contributed by atoms with Gasteiger partial charge >= 0.3 is 18.2 Å². The molecular weight excluding hydrogens is 159 g/mol. The number of hydrogen-bond donors (Lipinski definition) is 0.